The Bertz CT molecular complexity index is 440. The van der Waals surface area contributed by atoms with Crippen LogP contribution in [0.5, 0.6) is 11.5 Å². The van der Waals surface area contributed by atoms with Crippen molar-refractivity contribution in [2.75, 3.05) is 6.79 Å². The second-order valence-electron chi connectivity index (χ2n) is 5.83. The first kappa shape index (κ1) is 12.8. The van der Waals surface area contributed by atoms with E-state index in [0.717, 1.165) is 17.4 Å². The molecule has 104 valence electrons. The minimum atomic E-state index is 0.346. The first-order chi connectivity index (χ1) is 9.24. The molecule has 1 saturated carbocycles. The lowest BCUT2D eigenvalue weighted by Gasteiger charge is -2.25. The van der Waals surface area contributed by atoms with E-state index in [1.807, 2.05) is 6.07 Å². The maximum atomic E-state index is 5.44. The average Bonchev–Trinajstić information content (AvgIpc) is 3.09. The van der Waals surface area contributed by atoms with Crippen LogP contribution in [0.3, 0.4) is 0 Å². The summed E-state index contributed by atoms with van der Waals surface area (Å²) in [6.45, 7) is 4.89. The molecule has 1 aromatic rings. The van der Waals surface area contributed by atoms with Gasteiger partial charge in [-0.1, -0.05) is 18.9 Å². The van der Waals surface area contributed by atoms with E-state index in [0.29, 0.717) is 18.9 Å². The second kappa shape index (κ2) is 5.41. The van der Waals surface area contributed by atoms with Crippen molar-refractivity contribution < 1.29 is 9.47 Å². The van der Waals surface area contributed by atoms with Gasteiger partial charge in [-0.25, -0.2) is 0 Å². The summed E-state index contributed by atoms with van der Waals surface area (Å²) in [5.74, 6) is 2.58. The molecule has 1 aliphatic heterocycles. The summed E-state index contributed by atoms with van der Waals surface area (Å²) in [5.41, 5.74) is 1.27. The zero-order chi connectivity index (χ0) is 13.2. The highest BCUT2D eigenvalue weighted by Crippen LogP contribution is 2.35. The van der Waals surface area contributed by atoms with Crippen molar-refractivity contribution in [3.63, 3.8) is 0 Å². The summed E-state index contributed by atoms with van der Waals surface area (Å²) < 4.78 is 10.8. The smallest absolute Gasteiger partial charge is 0.231 e. The van der Waals surface area contributed by atoms with Gasteiger partial charge in [0.25, 0.3) is 0 Å². The third-order valence-electron chi connectivity index (χ3n) is 4.52. The summed E-state index contributed by atoms with van der Waals surface area (Å²) in [7, 11) is 0. The number of hydrogen-bond acceptors (Lipinski definition) is 3. The van der Waals surface area contributed by atoms with Crippen LogP contribution < -0.4 is 14.8 Å². The molecule has 0 radical (unpaired) electrons. The van der Waals surface area contributed by atoms with Crippen LogP contribution in [0.15, 0.2) is 18.2 Å². The largest absolute Gasteiger partial charge is 0.454 e. The molecule has 0 spiro atoms. The lowest BCUT2D eigenvalue weighted by molar-refractivity contribution is 0.174. The van der Waals surface area contributed by atoms with Crippen LogP contribution in [0.4, 0.5) is 0 Å². The summed E-state index contributed by atoms with van der Waals surface area (Å²) in [6, 6.07) is 7.18. The number of benzene rings is 1. The fourth-order valence-corrected chi connectivity index (χ4v) is 3.27. The first-order valence-corrected chi connectivity index (χ1v) is 7.39. The van der Waals surface area contributed by atoms with Gasteiger partial charge < -0.3 is 14.8 Å². The Morgan fingerprint density at radius 3 is 2.63 bits per heavy atom. The van der Waals surface area contributed by atoms with E-state index in [1.54, 1.807) is 0 Å². The van der Waals surface area contributed by atoms with Crippen molar-refractivity contribution in [2.45, 2.75) is 51.6 Å². The third-order valence-corrected chi connectivity index (χ3v) is 4.52. The molecule has 2 aliphatic rings. The Balaban J connectivity index is 1.64. The Hall–Kier alpha value is -1.22. The van der Waals surface area contributed by atoms with E-state index in [-0.39, 0.29) is 0 Å². The standard InChI is InChI=1S/C16H23NO2/c1-11(13-5-3-4-6-13)17-12(2)14-7-8-15-16(9-14)19-10-18-15/h7-9,11-13,17H,3-6,10H2,1-2H3/t11-,12?/m1/s1. The van der Waals surface area contributed by atoms with Gasteiger partial charge >= 0.3 is 0 Å². The van der Waals surface area contributed by atoms with Crippen LogP contribution in [0.25, 0.3) is 0 Å². The van der Waals surface area contributed by atoms with Gasteiger partial charge in [0.15, 0.2) is 11.5 Å². The first-order valence-electron chi connectivity index (χ1n) is 7.39. The minimum absolute atomic E-state index is 0.346. The lowest BCUT2D eigenvalue weighted by Crippen LogP contribution is -2.34. The van der Waals surface area contributed by atoms with E-state index in [9.17, 15) is 0 Å². The molecule has 3 heteroatoms. The topological polar surface area (TPSA) is 30.5 Å². The monoisotopic (exact) mass is 261 g/mol. The molecule has 0 bridgehead atoms. The number of rotatable bonds is 4. The fraction of sp³-hybridized carbons (Fsp3) is 0.625. The van der Waals surface area contributed by atoms with Gasteiger partial charge in [-0.3, -0.25) is 0 Å². The van der Waals surface area contributed by atoms with Gasteiger partial charge in [-0.2, -0.15) is 0 Å². The van der Waals surface area contributed by atoms with Crippen LogP contribution in [0.2, 0.25) is 0 Å². The molecule has 1 heterocycles. The highest BCUT2D eigenvalue weighted by atomic mass is 16.7. The van der Waals surface area contributed by atoms with Gasteiger partial charge in [0.2, 0.25) is 6.79 Å². The summed E-state index contributed by atoms with van der Waals surface area (Å²) in [5, 5.41) is 3.73. The molecular weight excluding hydrogens is 238 g/mol. The van der Waals surface area contributed by atoms with Crippen molar-refractivity contribution in [2.24, 2.45) is 5.92 Å². The second-order valence-corrected chi connectivity index (χ2v) is 5.83. The fourth-order valence-electron chi connectivity index (χ4n) is 3.27. The van der Waals surface area contributed by atoms with Gasteiger partial charge in [-0.15, -0.1) is 0 Å². The average molecular weight is 261 g/mol. The zero-order valence-corrected chi connectivity index (χ0v) is 11.8. The molecule has 0 saturated heterocycles. The van der Waals surface area contributed by atoms with E-state index >= 15 is 0 Å². The Morgan fingerprint density at radius 2 is 1.84 bits per heavy atom. The van der Waals surface area contributed by atoms with Crippen LogP contribution in [0.1, 0.15) is 51.1 Å². The predicted molar refractivity (Wildman–Crippen MR) is 75.5 cm³/mol. The highest BCUT2D eigenvalue weighted by molar-refractivity contribution is 5.45. The van der Waals surface area contributed by atoms with E-state index in [1.165, 1.54) is 31.2 Å². The Kier molecular flexibility index (Phi) is 3.65. The van der Waals surface area contributed by atoms with Gasteiger partial charge in [0, 0.05) is 12.1 Å². The molecular formula is C16H23NO2. The summed E-state index contributed by atoms with van der Waals surface area (Å²) in [4.78, 5) is 0. The molecule has 1 aliphatic carbocycles. The molecule has 0 aromatic heterocycles. The maximum Gasteiger partial charge on any atom is 0.231 e. The Labute approximate surface area is 115 Å². The molecule has 0 amide bonds. The maximum absolute atomic E-state index is 5.44. The third kappa shape index (κ3) is 2.71. The number of fused-ring (bicyclic) bond motifs is 1. The zero-order valence-electron chi connectivity index (χ0n) is 11.8. The van der Waals surface area contributed by atoms with Gasteiger partial charge in [-0.05, 0) is 50.3 Å². The van der Waals surface area contributed by atoms with Gasteiger partial charge in [0.1, 0.15) is 0 Å². The van der Waals surface area contributed by atoms with Crippen molar-refractivity contribution in [3.8, 4) is 11.5 Å². The molecule has 1 unspecified atom stereocenters. The van der Waals surface area contributed by atoms with Crippen molar-refractivity contribution in [1.29, 1.82) is 0 Å². The number of hydrogen-bond donors (Lipinski definition) is 1. The van der Waals surface area contributed by atoms with Crippen LogP contribution in [-0.4, -0.2) is 12.8 Å². The van der Waals surface area contributed by atoms with Crippen LogP contribution in [-0.2, 0) is 0 Å². The normalized spacial score (nSPS) is 21.6. The molecule has 3 nitrogen and oxygen atoms in total. The molecule has 3 rings (SSSR count). The van der Waals surface area contributed by atoms with Crippen molar-refractivity contribution >= 4 is 0 Å². The summed E-state index contributed by atoms with van der Waals surface area (Å²) >= 11 is 0. The van der Waals surface area contributed by atoms with Crippen LogP contribution in [0, 0.1) is 5.92 Å². The van der Waals surface area contributed by atoms with Crippen LogP contribution >= 0.6 is 0 Å². The molecule has 1 N–H and O–H groups in total. The lowest BCUT2D eigenvalue weighted by atomic mass is 9.97. The van der Waals surface area contributed by atoms with E-state index in [2.05, 4.69) is 31.3 Å². The summed E-state index contributed by atoms with van der Waals surface area (Å²) in [6.07, 6.45) is 5.55. The molecule has 19 heavy (non-hydrogen) atoms. The van der Waals surface area contributed by atoms with Crippen molar-refractivity contribution in [3.05, 3.63) is 23.8 Å². The Morgan fingerprint density at radius 1 is 1.11 bits per heavy atom. The highest BCUT2D eigenvalue weighted by Gasteiger charge is 2.23. The van der Waals surface area contributed by atoms with E-state index < -0.39 is 0 Å². The van der Waals surface area contributed by atoms with Gasteiger partial charge in [0.05, 0.1) is 0 Å². The predicted octanol–water partition coefficient (Wildman–Crippen LogP) is 3.64. The van der Waals surface area contributed by atoms with E-state index in [4.69, 9.17) is 9.47 Å². The minimum Gasteiger partial charge on any atom is -0.454 e. The van der Waals surface area contributed by atoms with Crippen molar-refractivity contribution in [1.82, 2.24) is 5.32 Å². The molecule has 2 atom stereocenters. The molecule has 1 aromatic carbocycles. The quantitative estimate of drug-likeness (QED) is 0.897. The molecule has 1 fully saturated rings. The number of nitrogens with one attached hydrogen (secondary N) is 1. The SMILES string of the molecule is CC(N[C@H](C)C1CCCC1)c1ccc2c(c1)OCO2. The number of ether oxygens (including phenoxy) is 2.